The molecule has 0 spiro atoms. The van der Waals surface area contributed by atoms with Crippen molar-refractivity contribution in [2.24, 2.45) is 0 Å². The molecule has 0 saturated carbocycles. The Morgan fingerprint density at radius 1 is 1.21 bits per heavy atom. The number of piperidine rings is 1. The summed E-state index contributed by atoms with van der Waals surface area (Å²) >= 11 is 0. The zero-order chi connectivity index (χ0) is 23.5. The molecule has 1 fully saturated rings. The van der Waals surface area contributed by atoms with Crippen molar-refractivity contribution in [2.75, 3.05) is 19.6 Å². The summed E-state index contributed by atoms with van der Waals surface area (Å²) in [6.45, 7) is 5.28. The molecular weight excluding hydrogens is 430 g/mol. The number of fused-ring (bicyclic) bond motifs is 1. The van der Waals surface area contributed by atoms with Gasteiger partial charge >= 0.3 is 0 Å². The molecule has 33 heavy (non-hydrogen) atoms. The zero-order valence-electron chi connectivity index (χ0n) is 17.9. The molecule has 1 aliphatic heterocycles. The second-order valence-corrected chi connectivity index (χ2v) is 7.98. The number of aromatic hydroxyl groups is 1. The quantitative estimate of drug-likeness (QED) is 0.597. The van der Waals surface area contributed by atoms with Crippen molar-refractivity contribution in [1.29, 1.82) is 0 Å². The van der Waals surface area contributed by atoms with E-state index in [-0.39, 0.29) is 23.4 Å². The average Bonchev–Trinajstić information content (AvgIpc) is 2.81. The van der Waals surface area contributed by atoms with E-state index >= 15 is 0 Å². The Kier molecular flexibility index (Phi) is 6.50. The van der Waals surface area contributed by atoms with Crippen molar-refractivity contribution >= 4 is 16.9 Å². The number of carbonyl (C=O) groups excluding carboxylic acids is 1. The number of carbonyl (C=O) groups is 1. The van der Waals surface area contributed by atoms with Gasteiger partial charge in [-0.2, -0.15) is 0 Å². The van der Waals surface area contributed by atoms with Gasteiger partial charge in [0, 0.05) is 37.9 Å². The van der Waals surface area contributed by atoms with Gasteiger partial charge in [-0.15, -0.1) is 0 Å². The fourth-order valence-electron chi connectivity index (χ4n) is 4.06. The molecule has 2 N–H and O–H groups in total. The minimum atomic E-state index is -0.806. The Bertz CT molecular complexity index is 1250. The predicted molar refractivity (Wildman–Crippen MR) is 121 cm³/mol. The van der Waals surface area contributed by atoms with Crippen LogP contribution in [0.5, 0.6) is 5.75 Å². The lowest BCUT2D eigenvalue weighted by Crippen LogP contribution is -2.39. The highest BCUT2D eigenvalue weighted by molar-refractivity contribution is 6.02. The Hall–Kier alpha value is -3.59. The molecule has 1 aliphatic rings. The van der Waals surface area contributed by atoms with Crippen molar-refractivity contribution < 1.29 is 18.7 Å². The number of hydrogen-bond acceptors (Lipinski definition) is 5. The van der Waals surface area contributed by atoms with Crippen LogP contribution in [0.15, 0.2) is 54.1 Å². The van der Waals surface area contributed by atoms with E-state index in [4.69, 9.17) is 0 Å². The number of amides is 1. The summed E-state index contributed by atoms with van der Waals surface area (Å²) < 4.78 is 28.1. The van der Waals surface area contributed by atoms with Crippen molar-refractivity contribution in [3.05, 3.63) is 71.0 Å². The van der Waals surface area contributed by atoms with Crippen LogP contribution in [0.3, 0.4) is 0 Å². The number of benzene rings is 1. The molecule has 2 aromatic heterocycles. The summed E-state index contributed by atoms with van der Waals surface area (Å²) in [4.78, 5) is 32.2. The molecule has 1 aromatic carbocycles. The summed E-state index contributed by atoms with van der Waals surface area (Å²) in [6, 6.07) is 7.38. The first-order valence-corrected chi connectivity index (χ1v) is 10.7. The Labute approximate surface area is 189 Å². The molecule has 4 rings (SSSR count). The normalized spacial score (nSPS) is 15.0. The average molecular weight is 454 g/mol. The van der Waals surface area contributed by atoms with E-state index in [2.05, 4.69) is 21.8 Å². The highest BCUT2D eigenvalue weighted by Gasteiger charge is 2.24. The van der Waals surface area contributed by atoms with Gasteiger partial charge in [0.1, 0.15) is 28.9 Å². The van der Waals surface area contributed by atoms with Gasteiger partial charge in [-0.3, -0.25) is 14.2 Å². The number of nitrogens with one attached hydrogen (secondary N) is 1. The van der Waals surface area contributed by atoms with Crippen LogP contribution in [0.25, 0.3) is 22.2 Å². The first-order valence-electron chi connectivity index (χ1n) is 10.7. The predicted octanol–water partition coefficient (Wildman–Crippen LogP) is 3.22. The minimum absolute atomic E-state index is 0.212. The zero-order valence-corrected chi connectivity index (χ0v) is 17.9. The Morgan fingerprint density at radius 2 is 1.91 bits per heavy atom. The maximum atomic E-state index is 13.5. The van der Waals surface area contributed by atoms with Gasteiger partial charge in [0.15, 0.2) is 0 Å². The lowest BCUT2D eigenvalue weighted by atomic mass is 10.0. The maximum absolute atomic E-state index is 13.5. The number of halogens is 2. The molecule has 9 heteroatoms. The molecule has 1 saturated heterocycles. The molecule has 0 aliphatic carbocycles. The van der Waals surface area contributed by atoms with Crippen LogP contribution in [0, 0.1) is 5.82 Å². The molecule has 0 bridgehead atoms. The molecule has 3 heterocycles. The minimum Gasteiger partial charge on any atom is -0.506 e. The number of hydrogen-bond donors (Lipinski definition) is 2. The number of likely N-dealkylation sites (tertiary alicyclic amines) is 1. The fourth-order valence-corrected chi connectivity index (χ4v) is 4.06. The highest BCUT2D eigenvalue weighted by Crippen LogP contribution is 2.30. The number of aromatic nitrogens is 2. The van der Waals surface area contributed by atoms with Gasteiger partial charge < -0.3 is 15.3 Å². The lowest BCUT2D eigenvalue weighted by molar-refractivity contribution is 0.0965. The number of pyridine rings is 2. The monoisotopic (exact) mass is 454 g/mol. The van der Waals surface area contributed by atoms with E-state index in [0.717, 1.165) is 6.20 Å². The molecular formula is C24H24F2N4O3. The summed E-state index contributed by atoms with van der Waals surface area (Å²) in [6.07, 6.45) is 2.74. The van der Waals surface area contributed by atoms with Crippen molar-refractivity contribution in [3.8, 4) is 16.9 Å². The SMILES string of the molecule is C=CNC(=O)c1c(O)c2cc(-c3ccc(F)cc3)cnc2n(CCN2CCC(F)CC2)c1=O. The number of rotatable bonds is 6. The van der Waals surface area contributed by atoms with Crippen LogP contribution >= 0.6 is 0 Å². The van der Waals surface area contributed by atoms with E-state index in [1.165, 1.54) is 22.9 Å². The number of alkyl halides is 1. The summed E-state index contributed by atoms with van der Waals surface area (Å²) in [5.41, 5.74) is 0.376. The van der Waals surface area contributed by atoms with Crippen molar-refractivity contribution in [3.63, 3.8) is 0 Å². The molecule has 7 nitrogen and oxygen atoms in total. The molecule has 3 aromatic rings. The second-order valence-electron chi connectivity index (χ2n) is 7.98. The van der Waals surface area contributed by atoms with E-state index < -0.39 is 29.0 Å². The highest BCUT2D eigenvalue weighted by atomic mass is 19.1. The van der Waals surface area contributed by atoms with E-state index in [0.29, 0.717) is 43.6 Å². The van der Waals surface area contributed by atoms with Crippen LogP contribution in [0.2, 0.25) is 0 Å². The topological polar surface area (TPSA) is 87.5 Å². The van der Waals surface area contributed by atoms with E-state index in [1.54, 1.807) is 18.2 Å². The van der Waals surface area contributed by atoms with Crippen LogP contribution in [0.4, 0.5) is 8.78 Å². The van der Waals surface area contributed by atoms with Crippen LogP contribution < -0.4 is 10.9 Å². The summed E-state index contributed by atoms with van der Waals surface area (Å²) in [5.74, 6) is -1.65. The van der Waals surface area contributed by atoms with Gasteiger partial charge in [0.25, 0.3) is 11.5 Å². The Morgan fingerprint density at radius 3 is 2.58 bits per heavy atom. The second kappa shape index (κ2) is 9.50. The molecule has 0 unspecified atom stereocenters. The smallest absolute Gasteiger partial charge is 0.268 e. The lowest BCUT2D eigenvalue weighted by Gasteiger charge is -2.28. The van der Waals surface area contributed by atoms with Gasteiger partial charge in [-0.25, -0.2) is 13.8 Å². The molecule has 1 amide bonds. The summed E-state index contributed by atoms with van der Waals surface area (Å²) in [5, 5.41) is 13.4. The van der Waals surface area contributed by atoms with Gasteiger partial charge in [-0.05, 0) is 42.8 Å². The first-order chi connectivity index (χ1) is 15.9. The van der Waals surface area contributed by atoms with Crippen molar-refractivity contribution in [1.82, 2.24) is 19.8 Å². The third-order valence-corrected chi connectivity index (χ3v) is 5.87. The summed E-state index contributed by atoms with van der Waals surface area (Å²) in [7, 11) is 0. The van der Waals surface area contributed by atoms with Crippen molar-refractivity contribution in [2.45, 2.75) is 25.6 Å². The Balaban J connectivity index is 1.80. The number of nitrogens with zero attached hydrogens (tertiary/aromatic N) is 3. The van der Waals surface area contributed by atoms with Gasteiger partial charge in [0.2, 0.25) is 0 Å². The maximum Gasteiger partial charge on any atom is 0.268 e. The van der Waals surface area contributed by atoms with Crippen LogP contribution in [-0.2, 0) is 6.54 Å². The van der Waals surface area contributed by atoms with Crippen LogP contribution in [0.1, 0.15) is 23.2 Å². The third-order valence-electron chi connectivity index (χ3n) is 5.87. The van der Waals surface area contributed by atoms with Crippen LogP contribution in [-0.4, -0.2) is 51.3 Å². The van der Waals surface area contributed by atoms with Gasteiger partial charge in [-0.1, -0.05) is 18.7 Å². The van der Waals surface area contributed by atoms with Gasteiger partial charge in [0.05, 0.1) is 5.39 Å². The molecule has 0 radical (unpaired) electrons. The fraction of sp³-hybridized carbons (Fsp3) is 0.292. The van der Waals surface area contributed by atoms with E-state index in [1.807, 2.05) is 0 Å². The molecule has 172 valence electrons. The third kappa shape index (κ3) is 4.63. The molecule has 0 atom stereocenters. The first kappa shape index (κ1) is 22.6. The largest absolute Gasteiger partial charge is 0.506 e. The standard InChI is InChI=1S/C24H24F2N4O3/c1-2-27-23(32)20-21(31)19-13-16(15-3-5-17(25)6-4-15)14-28-22(19)30(24(20)33)12-11-29-9-7-18(26)8-10-29/h2-6,13-14,18,31H,1,7-12H2,(H,27,32). The van der Waals surface area contributed by atoms with E-state index in [9.17, 15) is 23.5 Å².